The summed E-state index contributed by atoms with van der Waals surface area (Å²) in [5.41, 5.74) is 2.78. The predicted molar refractivity (Wildman–Crippen MR) is 51.7 cm³/mol. The maximum absolute atomic E-state index is 11.3. The summed E-state index contributed by atoms with van der Waals surface area (Å²) in [6.07, 6.45) is 3.10. The van der Waals surface area contributed by atoms with Crippen LogP contribution in [-0.2, 0) is 9.68 Å². The van der Waals surface area contributed by atoms with Crippen molar-refractivity contribution < 1.29 is 18.6 Å². The molecule has 0 fully saturated rings. The summed E-state index contributed by atoms with van der Waals surface area (Å²) in [4.78, 5) is 9.44. The van der Waals surface area contributed by atoms with Crippen LogP contribution >= 0.6 is 0 Å². The molecule has 6 nitrogen and oxygen atoms in total. The standard InChI is InChI=1S/C7H14F2N4O2/c8-10-2-4-12-14-6-1-7-15-13-5-3-11-9/h4-5,10-11H,1-3,6-7H2/b12-4-,13-5?. The van der Waals surface area contributed by atoms with E-state index in [0.717, 1.165) is 0 Å². The fraction of sp³-hybridized carbons (Fsp3) is 0.714. The van der Waals surface area contributed by atoms with Crippen LogP contribution in [0.15, 0.2) is 10.3 Å². The molecular weight excluding hydrogens is 210 g/mol. The topological polar surface area (TPSA) is 67.2 Å². The highest BCUT2D eigenvalue weighted by Gasteiger charge is 1.87. The normalized spacial score (nSPS) is 11.3. The number of hydrogen-bond donors (Lipinski definition) is 2. The first-order valence-corrected chi connectivity index (χ1v) is 4.36. The SMILES string of the molecule is FNCC=NOCCCO/N=C\CNF. The second-order valence-electron chi connectivity index (χ2n) is 2.27. The van der Waals surface area contributed by atoms with Gasteiger partial charge in [-0.15, -0.1) is 8.96 Å². The largest absolute Gasteiger partial charge is 0.396 e. The number of halogens is 2. The molecule has 0 radical (unpaired) electrons. The highest BCUT2D eigenvalue weighted by molar-refractivity contribution is 5.58. The van der Waals surface area contributed by atoms with Gasteiger partial charge < -0.3 is 9.68 Å². The quantitative estimate of drug-likeness (QED) is 0.243. The highest BCUT2D eigenvalue weighted by atomic mass is 19.2. The van der Waals surface area contributed by atoms with Crippen molar-refractivity contribution in [2.24, 2.45) is 10.3 Å². The van der Waals surface area contributed by atoms with Gasteiger partial charge in [0.15, 0.2) is 0 Å². The van der Waals surface area contributed by atoms with E-state index in [1.807, 2.05) is 0 Å². The zero-order valence-corrected chi connectivity index (χ0v) is 8.16. The van der Waals surface area contributed by atoms with Gasteiger partial charge in [-0.2, -0.15) is 11.1 Å². The minimum atomic E-state index is 0.0109. The average molecular weight is 224 g/mol. The van der Waals surface area contributed by atoms with Crippen LogP contribution in [0, 0.1) is 0 Å². The van der Waals surface area contributed by atoms with E-state index < -0.39 is 0 Å². The third kappa shape index (κ3) is 12.7. The first-order valence-electron chi connectivity index (χ1n) is 4.36. The number of nitrogens with zero attached hydrogens (tertiary/aromatic N) is 2. The molecule has 0 aliphatic carbocycles. The van der Waals surface area contributed by atoms with Crippen LogP contribution in [0.5, 0.6) is 0 Å². The molecule has 0 aliphatic heterocycles. The van der Waals surface area contributed by atoms with Gasteiger partial charge in [-0.25, -0.2) is 0 Å². The number of nitrogens with one attached hydrogen (secondary N) is 2. The monoisotopic (exact) mass is 224 g/mol. The van der Waals surface area contributed by atoms with Crippen molar-refractivity contribution in [3.8, 4) is 0 Å². The fourth-order valence-electron chi connectivity index (χ4n) is 0.542. The minimum absolute atomic E-state index is 0.0109. The van der Waals surface area contributed by atoms with E-state index in [0.29, 0.717) is 19.6 Å². The Hall–Kier alpha value is -1.28. The molecule has 0 saturated carbocycles. The molecule has 0 spiro atoms. The van der Waals surface area contributed by atoms with Gasteiger partial charge in [0.25, 0.3) is 0 Å². The zero-order chi connectivity index (χ0) is 11.2. The van der Waals surface area contributed by atoms with Crippen LogP contribution in [0.3, 0.4) is 0 Å². The first kappa shape index (κ1) is 13.7. The Bertz CT molecular complexity index is 162. The Labute approximate surface area is 86.2 Å². The van der Waals surface area contributed by atoms with Crippen LogP contribution in [0.25, 0.3) is 0 Å². The highest BCUT2D eigenvalue weighted by Crippen LogP contribution is 1.85. The Morgan fingerprint density at radius 3 is 1.80 bits per heavy atom. The maximum Gasteiger partial charge on any atom is 0.120 e. The molecule has 15 heavy (non-hydrogen) atoms. The summed E-state index contributed by atoms with van der Waals surface area (Å²) in [5.74, 6) is 0. The summed E-state index contributed by atoms with van der Waals surface area (Å²) in [6.45, 7) is 0.716. The molecule has 0 amide bonds. The Kier molecular flexibility index (Phi) is 11.6. The summed E-state index contributed by atoms with van der Waals surface area (Å²) >= 11 is 0. The van der Waals surface area contributed by atoms with E-state index in [9.17, 15) is 8.96 Å². The van der Waals surface area contributed by atoms with Crippen LogP contribution in [0.4, 0.5) is 8.96 Å². The predicted octanol–water partition coefficient (Wildman–Crippen LogP) is 0.329. The molecule has 0 heterocycles. The third-order valence-electron chi connectivity index (χ3n) is 1.11. The third-order valence-corrected chi connectivity index (χ3v) is 1.11. The molecule has 0 aromatic rings. The lowest BCUT2D eigenvalue weighted by atomic mass is 10.5. The van der Waals surface area contributed by atoms with Gasteiger partial charge in [0, 0.05) is 6.42 Å². The van der Waals surface area contributed by atoms with E-state index in [4.69, 9.17) is 9.68 Å². The van der Waals surface area contributed by atoms with Crippen molar-refractivity contribution in [2.45, 2.75) is 6.42 Å². The second-order valence-corrected chi connectivity index (χ2v) is 2.27. The molecule has 0 rings (SSSR count). The summed E-state index contributed by atoms with van der Waals surface area (Å²) in [5, 5.41) is 6.85. The van der Waals surface area contributed by atoms with E-state index in [1.165, 1.54) is 23.5 Å². The van der Waals surface area contributed by atoms with E-state index in [1.54, 1.807) is 0 Å². The summed E-state index contributed by atoms with van der Waals surface area (Å²) < 4.78 is 22.6. The molecule has 0 atom stereocenters. The molecule has 0 aromatic heterocycles. The van der Waals surface area contributed by atoms with Gasteiger partial charge in [0.1, 0.15) is 13.2 Å². The Balaban J connectivity index is 3.04. The van der Waals surface area contributed by atoms with Crippen molar-refractivity contribution in [3.63, 3.8) is 0 Å². The molecule has 0 aliphatic rings. The molecular formula is C7H14F2N4O2. The Morgan fingerprint density at radius 2 is 1.40 bits per heavy atom. The van der Waals surface area contributed by atoms with E-state index in [2.05, 4.69) is 10.3 Å². The first-order chi connectivity index (χ1) is 7.41. The smallest absolute Gasteiger partial charge is 0.120 e. The van der Waals surface area contributed by atoms with Crippen molar-refractivity contribution in [1.82, 2.24) is 11.1 Å². The molecule has 0 unspecified atom stereocenters. The number of rotatable bonds is 10. The van der Waals surface area contributed by atoms with Crippen LogP contribution < -0.4 is 11.1 Å². The molecule has 0 aromatic carbocycles. The maximum atomic E-state index is 11.3. The molecule has 2 N–H and O–H groups in total. The summed E-state index contributed by atoms with van der Waals surface area (Å²) in [7, 11) is 0. The second kappa shape index (κ2) is 12.7. The van der Waals surface area contributed by atoms with E-state index >= 15 is 0 Å². The number of oxime groups is 2. The van der Waals surface area contributed by atoms with Gasteiger partial charge in [0.2, 0.25) is 0 Å². The lowest BCUT2D eigenvalue weighted by Gasteiger charge is -1.98. The van der Waals surface area contributed by atoms with Gasteiger partial charge in [-0.1, -0.05) is 10.3 Å². The zero-order valence-electron chi connectivity index (χ0n) is 8.16. The Morgan fingerprint density at radius 1 is 0.933 bits per heavy atom. The van der Waals surface area contributed by atoms with Crippen molar-refractivity contribution >= 4 is 12.4 Å². The van der Waals surface area contributed by atoms with Gasteiger partial charge in [-0.05, 0) is 0 Å². The number of hydrogen-bond acceptors (Lipinski definition) is 6. The van der Waals surface area contributed by atoms with Crippen molar-refractivity contribution in [1.29, 1.82) is 0 Å². The molecule has 88 valence electrons. The van der Waals surface area contributed by atoms with Gasteiger partial charge >= 0.3 is 0 Å². The van der Waals surface area contributed by atoms with Crippen LogP contribution in [0.2, 0.25) is 0 Å². The lowest BCUT2D eigenvalue weighted by molar-refractivity contribution is 0.0906. The molecule has 0 saturated heterocycles. The van der Waals surface area contributed by atoms with Crippen LogP contribution in [-0.4, -0.2) is 38.7 Å². The molecule has 8 heteroatoms. The average Bonchev–Trinajstić information content (AvgIpc) is 2.26. The van der Waals surface area contributed by atoms with Crippen molar-refractivity contribution in [3.05, 3.63) is 0 Å². The van der Waals surface area contributed by atoms with Gasteiger partial charge in [-0.3, -0.25) is 0 Å². The minimum Gasteiger partial charge on any atom is -0.396 e. The molecule has 0 bridgehead atoms. The van der Waals surface area contributed by atoms with Gasteiger partial charge in [0.05, 0.1) is 25.5 Å². The van der Waals surface area contributed by atoms with E-state index in [-0.39, 0.29) is 13.1 Å². The van der Waals surface area contributed by atoms with Crippen molar-refractivity contribution in [2.75, 3.05) is 26.3 Å². The fourth-order valence-corrected chi connectivity index (χ4v) is 0.542. The van der Waals surface area contributed by atoms with Crippen LogP contribution in [0.1, 0.15) is 6.42 Å². The lowest BCUT2D eigenvalue weighted by Crippen LogP contribution is -2.04. The summed E-state index contributed by atoms with van der Waals surface area (Å²) in [6, 6.07) is 0.